The molecule has 2 atom stereocenters. The van der Waals surface area contributed by atoms with E-state index < -0.39 is 0 Å². The normalized spacial score (nSPS) is 18.9. The van der Waals surface area contributed by atoms with Crippen LogP contribution in [-0.2, 0) is 13.0 Å². The van der Waals surface area contributed by atoms with Crippen LogP contribution in [0.1, 0.15) is 30.5 Å². The Balaban J connectivity index is 1.77. The van der Waals surface area contributed by atoms with Gasteiger partial charge in [-0.2, -0.15) is 5.10 Å². The molecule has 1 aliphatic heterocycles. The van der Waals surface area contributed by atoms with Crippen molar-refractivity contribution in [2.24, 2.45) is 11.8 Å². The van der Waals surface area contributed by atoms with Crippen molar-refractivity contribution >= 4 is 0 Å². The highest BCUT2D eigenvalue weighted by atomic mass is 16.5. The summed E-state index contributed by atoms with van der Waals surface area (Å²) in [5, 5.41) is 4.39. The van der Waals surface area contributed by atoms with Gasteiger partial charge in [0.2, 0.25) is 0 Å². The summed E-state index contributed by atoms with van der Waals surface area (Å²) < 4.78 is 7.84. The zero-order valence-corrected chi connectivity index (χ0v) is 12.3. The molecule has 0 saturated heterocycles. The average molecular weight is 286 g/mol. The predicted octanol–water partition coefficient (Wildman–Crippen LogP) is 2.05. The molecule has 0 spiro atoms. The van der Waals surface area contributed by atoms with Gasteiger partial charge in [0, 0.05) is 24.2 Å². The van der Waals surface area contributed by atoms with Crippen LogP contribution >= 0.6 is 0 Å². The van der Waals surface area contributed by atoms with Crippen LogP contribution in [0.4, 0.5) is 0 Å². The zero-order valence-electron chi connectivity index (χ0n) is 12.3. The van der Waals surface area contributed by atoms with Crippen LogP contribution in [0.2, 0.25) is 0 Å². The fraction of sp³-hybridized carbons (Fsp3) is 0.438. The summed E-state index contributed by atoms with van der Waals surface area (Å²) in [4.78, 5) is 0. The first-order valence-corrected chi connectivity index (χ1v) is 7.51. The van der Waals surface area contributed by atoms with Crippen LogP contribution in [0.15, 0.2) is 36.7 Å². The summed E-state index contributed by atoms with van der Waals surface area (Å²) in [6, 6.07) is 8.26. The third kappa shape index (κ3) is 2.94. The number of aryl methyl sites for hydroxylation is 1. The van der Waals surface area contributed by atoms with Gasteiger partial charge >= 0.3 is 0 Å². The van der Waals surface area contributed by atoms with Crippen LogP contribution in [-0.4, -0.2) is 16.4 Å². The number of hydrogen-bond donors (Lipinski definition) is 2. The van der Waals surface area contributed by atoms with Crippen molar-refractivity contribution in [3.05, 3.63) is 47.8 Å². The molecule has 2 aromatic rings. The molecule has 0 amide bonds. The molecular formula is C16H22N4O. The summed E-state index contributed by atoms with van der Waals surface area (Å²) in [7, 11) is 0. The molecule has 5 heteroatoms. The second-order valence-corrected chi connectivity index (χ2v) is 5.56. The third-order valence-corrected chi connectivity index (χ3v) is 4.02. The van der Waals surface area contributed by atoms with Gasteiger partial charge in [-0.25, -0.2) is 0 Å². The SMILES string of the molecule is CCCn1cc(C(NN)C2COc3ccccc3C2)cn1. The molecule has 1 aromatic heterocycles. The van der Waals surface area contributed by atoms with E-state index in [1.165, 1.54) is 5.56 Å². The van der Waals surface area contributed by atoms with Crippen LogP contribution in [0.3, 0.4) is 0 Å². The molecule has 0 bridgehead atoms. The van der Waals surface area contributed by atoms with E-state index in [2.05, 4.69) is 35.8 Å². The molecule has 3 N–H and O–H groups in total. The van der Waals surface area contributed by atoms with E-state index >= 15 is 0 Å². The number of fused-ring (bicyclic) bond motifs is 1. The van der Waals surface area contributed by atoms with Gasteiger partial charge in [0.15, 0.2) is 0 Å². The Labute approximate surface area is 125 Å². The van der Waals surface area contributed by atoms with Crippen molar-refractivity contribution in [2.75, 3.05) is 6.61 Å². The highest BCUT2D eigenvalue weighted by Gasteiger charge is 2.28. The van der Waals surface area contributed by atoms with Gasteiger partial charge < -0.3 is 4.74 Å². The quantitative estimate of drug-likeness (QED) is 0.652. The number of hydrazine groups is 1. The Hall–Kier alpha value is -1.85. The molecule has 1 aliphatic rings. The maximum absolute atomic E-state index is 5.87. The average Bonchev–Trinajstić information content (AvgIpc) is 2.97. The fourth-order valence-corrected chi connectivity index (χ4v) is 2.96. The molecule has 0 radical (unpaired) electrons. The maximum Gasteiger partial charge on any atom is 0.122 e. The maximum atomic E-state index is 5.87. The fourth-order valence-electron chi connectivity index (χ4n) is 2.96. The number of ether oxygens (including phenoxy) is 1. The number of nitrogens with two attached hydrogens (primary N) is 1. The van der Waals surface area contributed by atoms with Gasteiger partial charge in [-0.3, -0.25) is 16.0 Å². The Morgan fingerprint density at radius 3 is 3.14 bits per heavy atom. The van der Waals surface area contributed by atoms with Crippen molar-refractivity contribution in [2.45, 2.75) is 32.4 Å². The summed E-state index contributed by atoms with van der Waals surface area (Å²) in [6.45, 7) is 3.75. The molecule has 112 valence electrons. The van der Waals surface area contributed by atoms with Gasteiger partial charge in [0.1, 0.15) is 5.75 Å². The second-order valence-electron chi connectivity index (χ2n) is 5.56. The van der Waals surface area contributed by atoms with Gasteiger partial charge in [-0.05, 0) is 24.5 Å². The molecule has 1 aromatic carbocycles. The van der Waals surface area contributed by atoms with E-state index in [0.717, 1.165) is 30.7 Å². The minimum Gasteiger partial charge on any atom is -0.493 e. The first-order chi connectivity index (χ1) is 10.3. The number of rotatable bonds is 5. The molecule has 0 saturated carbocycles. The van der Waals surface area contributed by atoms with E-state index in [-0.39, 0.29) is 6.04 Å². The zero-order chi connectivity index (χ0) is 14.7. The smallest absolute Gasteiger partial charge is 0.122 e. The molecule has 2 heterocycles. The molecule has 0 aliphatic carbocycles. The van der Waals surface area contributed by atoms with Crippen molar-refractivity contribution in [3.63, 3.8) is 0 Å². The standard InChI is InChI=1S/C16H22N4O/c1-2-7-20-10-14(9-18-20)16(19-17)13-8-12-5-3-4-6-15(12)21-11-13/h3-6,9-10,13,16,19H,2,7-8,11,17H2,1H3. The lowest BCUT2D eigenvalue weighted by Gasteiger charge is -2.30. The molecule has 21 heavy (non-hydrogen) atoms. The van der Waals surface area contributed by atoms with Crippen molar-refractivity contribution in [1.82, 2.24) is 15.2 Å². The van der Waals surface area contributed by atoms with E-state index in [1.807, 2.05) is 23.0 Å². The van der Waals surface area contributed by atoms with E-state index in [0.29, 0.717) is 12.5 Å². The first kappa shape index (κ1) is 14.1. The lowest BCUT2D eigenvalue weighted by molar-refractivity contribution is 0.185. The Morgan fingerprint density at radius 1 is 1.48 bits per heavy atom. The van der Waals surface area contributed by atoms with Crippen LogP contribution in [0.5, 0.6) is 5.75 Å². The topological polar surface area (TPSA) is 65.1 Å². The van der Waals surface area contributed by atoms with Gasteiger partial charge in [0.05, 0.1) is 18.8 Å². The Morgan fingerprint density at radius 2 is 2.33 bits per heavy atom. The molecule has 0 fully saturated rings. The van der Waals surface area contributed by atoms with E-state index in [4.69, 9.17) is 10.6 Å². The number of nitrogens with zero attached hydrogens (tertiary/aromatic N) is 2. The van der Waals surface area contributed by atoms with Gasteiger partial charge in [-0.15, -0.1) is 0 Å². The van der Waals surface area contributed by atoms with Crippen LogP contribution in [0, 0.1) is 5.92 Å². The van der Waals surface area contributed by atoms with Crippen LogP contribution in [0.25, 0.3) is 0 Å². The summed E-state index contributed by atoms with van der Waals surface area (Å²) >= 11 is 0. The number of aromatic nitrogens is 2. The minimum absolute atomic E-state index is 0.0592. The number of para-hydroxylation sites is 1. The summed E-state index contributed by atoms with van der Waals surface area (Å²) in [5.74, 6) is 7.10. The van der Waals surface area contributed by atoms with Crippen LogP contribution < -0.4 is 16.0 Å². The van der Waals surface area contributed by atoms with E-state index in [9.17, 15) is 0 Å². The first-order valence-electron chi connectivity index (χ1n) is 7.51. The lowest BCUT2D eigenvalue weighted by Crippen LogP contribution is -2.38. The molecule has 3 rings (SSSR count). The summed E-state index contributed by atoms with van der Waals surface area (Å²) in [5.41, 5.74) is 5.31. The third-order valence-electron chi connectivity index (χ3n) is 4.02. The van der Waals surface area contributed by atoms with Gasteiger partial charge in [-0.1, -0.05) is 25.1 Å². The highest BCUT2D eigenvalue weighted by molar-refractivity contribution is 5.35. The van der Waals surface area contributed by atoms with Crippen molar-refractivity contribution in [3.8, 4) is 5.75 Å². The number of nitrogens with one attached hydrogen (secondary N) is 1. The van der Waals surface area contributed by atoms with Gasteiger partial charge in [0.25, 0.3) is 0 Å². The monoisotopic (exact) mass is 286 g/mol. The Kier molecular flexibility index (Phi) is 4.22. The molecule has 5 nitrogen and oxygen atoms in total. The minimum atomic E-state index is 0.0592. The van der Waals surface area contributed by atoms with Crippen molar-refractivity contribution < 1.29 is 4.74 Å². The van der Waals surface area contributed by atoms with Crippen molar-refractivity contribution in [1.29, 1.82) is 0 Å². The predicted molar refractivity (Wildman–Crippen MR) is 81.7 cm³/mol. The largest absolute Gasteiger partial charge is 0.493 e. The summed E-state index contributed by atoms with van der Waals surface area (Å²) in [6.07, 6.45) is 6.01. The Bertz CT molecular complexity index is 595. The number of benzene rings is 1. The molecule has 2 unspecified atom stereocenters. The lowest BCUT2D eigenvalue weighted by atomic mass is 9.88. The second kappa shape index (κ2) is 6.28. The molecular weight excluding hydrogens is 264 g/mol. The van der Waals surface area contributed by atoms with E-state index in [1.54, 1.807) is 0 Å². The number of hydrogen-bond acceptors (Lipinski definition) is 4. The highest BCUT2D eigenvalue weighted by Crippen LogP contribution is 2.33.